The minimum atomic E-state index is -3.51. The maximum absolute atomic E-state index is 12.1. The van der Waals surface area contributed by atoms with E-state index in [1.807, 2.05) is 6.07 Å². The molecule has 0 aliphatic heterocycles. The van der Waals surface area contributed by atoms with Crippen LogP contribution in [0.15, 0.2) is 24.3 Å². The molecule has 1 aromatic rings. The fourth-order valence-corrected chi connectivity index (χ4v) is 3.94. The number of nitrogens with one attached hydrogen (secondary N) is 1. The maximum Gasteiger partial charge on any atom is 0.306 e. The third-order valence-electron chi connectivity index (χ3n) is 3.57. The van der Waals surface area contributed by atoms with Crippen molar-refractivity contribution in [3.05, 3.63) is 35.4 Å². The van der Waals surface area contributed by atoms with Gasteiger partial charge in [0, 0.05) is 6.04 Å². The van der Waals surface area contributed by atoms with Gasteiger partial charge in [0.25, 0.3) is 0 Å². The third kappa shape index (κ3) is 4.28. The van der Waals surface area contributed by atoms with E-state index in [-0.39, 0.29) is 11.8 Å². The first-order valence-electron chi connectivity index (χ1n) is 6.61. The molecule has 0 radical (unpaired) electrons. The molecule has 1 aromatic carbocycles. The Morgan fingerprint density at radius 2 is 2.00 bits per heavy atom. The molecule has 0 unspecified atom stereocenters. The summed E-state index contributed by atoms with van der Waals surface area (Å²) >= 11 is 0. The van der Waals surface area contributed by atoms with Crippen LogP contribution >= 0.6 is 0 Å². The second-order valence-electron chi connectivity index (χ2n) is 5.23. The number of hydrogen-bond acceptors (Lipinski definition) is 4. The molecular weight excluding hydrogens is 292 g/mol. The van der Waals surface area contributed by atoms with Gasteiger partial charge in [0.05, 0.1) is 23.3 Å². The molecule has 1 saturated carbocycles. The van der Waals surface area contributed by atoms with Crippen LogP contribution in [-0.2, 0) is 20.6 Å². The van der Waals surface area contributed by atoms with E-state index in [0.717, 1.165) is 0 Å². The van der Waals surface area contributed by atoms with Gasteiger partial charge in [0.2, 0.25) is 10.0 Å². The number of hydrogen-bond donors (Lipinski definition) is 2. The van der Waals surface area contributed by atoms with Crippen molar-refractivity contribution in [3.63, 3.8) is 0 Å². The van der Waals surface area contributed by atoms with Crippen LogP contribution in [0.3, 0.4) is 0 Å². The van der Waals surface area contributed by atoms with Crippen molar-refractivity contribution in [2.24, 2.45) is 5.92 Å². The van der Waals surface area contributed by atoms with E-state index in [2.05, 4.69) is 4.72 Å². The first kappa shape index (κ1) is 15.5. The first-order valence-corrected chi connectivity index (χ1v) is 8.26. The lowest BCUT2D eigenvalue weighted by atomic mass is 10.1. The van der Waals surface area contributed by atoms with Gasteiger partial charge >= 0.3 is 5.97 Å². The average molecular weight is 308 g/mol. The van der Waals surface area contributed by atoms with Crippen molar-refractivity contribution in [1.82, 2.24) is 4.72 Å². The normalized spacial score (nSPS) is 21.9. The van der Waals surface area contributed by atoms with Crippen LogP contribution in [-0.4, -0.2) is 25.5 Å². The molecule has 0 amide bonds. The lowest BCUT2D eigenvalue weighted by molar-refractivity contribution is -0.141. The second kappa shape index (κ2) is 6.24. The third-order valence-corrected chi connectivity index (χ3v) is 4.97. The van der Waals surface area contributed by atoms with Crippen molar-refractivity contribution < 1.29 is 18.3 Å². The Balaban J connectivity index is 1.96. The largest absolute Gasteiger partial charge is 0.481 e. The molecule has 1 aliphatic carbocycles. The van der Waals surface area contributed by atoms with Gasteiger partial charge in [-0.05, 0) is 37.0 Å². The van der Waals surface area contributed by atoms with Crippen LogP contribution in [0, 0.1) is 17.2 Å². The maximum atomic E-state index is 12.1. The molecule has 6 nitrogen and oxygen atoms in total. The quantitative estimate of drug-likeness (QED) is 0.850. The number of carbonyl (C=O) groups is 1. The Morgan fingerprint density at radius 1 is 1.33 bits per heavy atom. The molecule has 112 valence electrons. The molecular formula is C14H16N2O4S. The Bertz CT molecular complexity index is 661. The molecule has 0 spiro atoms. The van der Waals surface area contributed by atoms with E-state index in [1.54, 1.807) is 24.3 Å². The van der Waals surface area contributed by atoms with Crippen molar-refractivity contribution >= 4 is 16.0 Å². The van der Waals surface area contributed by atoms with Crippen molar-refractivity contribution in [3.8, 4) is 6.07 Å². The monoisotopic (exact) mass is 308 g/mol. The van der Waals surface area contributed by atoms with Gasteiger partial charge in [-0.15, -0.1) is 0 Å². The SMILES string of the molecule is N#Cc1ccc(CS(=O)(=O)N[C@H]2CC[C@@H](C(=O)O)C2)cc1. The van der Waals surface area contributed by atoms with Crippen molar-refractivity contribution in [2.45, 2.75) is 31.1 Å². The predicted octanol–water partition coefficient (Wildman–Crippen LogP) is 1.23. The summed E-state index contributed by atoms with van der Waals surface area (Å²) in [5, 5.41) is 17.6. The lowest BCUT2D eigenvalue weighted by Gasteiger charge is -2.13. The zero-order valence-corrected chi connectivity index (χ0v) is 12.1. The fourth-order valence-electron chi connectivity index (χ4n) is 2.50. The number of sulfonamides is 1. The molecule has 0 heterocycles. The van der Waals surface area contributed by atoms with E-state index in [4.69, 9.17) is 10.4 Å². The Kier molecular flexibility index (Phi) is 4.60. The zero-order valence-electron chi connectivity index (χ0n) is 11.3. The number of benzene rings is 1. The summed E-state index contributed by atoms with van der Waals surface area (Å²) in [6.45, 7) is 0. The minimum Gasteiger partial charge on any atom is -0.481 e. The van der Waals surface area contributed by atoms with Gasteiger partial charge in [0.15, 0.2) is 0 Å². The molecule has 21 heavy (non-hydrogen) atoms. The molecule has 2 N–H and O–H groups in total. The number of aliphatic carboxylic acids is 1. The molecule has 0 saturated heterocycles. The highest BCUT2D eigenvalue weighted by atomic mass is 32.2. The number of rotatable bonds is 5. The van der Waals surface area contributed by atoms with Gasteiger partial charge in [0.1, 0.15) is 0 Å². The predicted molar refractivity (Wildman–Crippen MR) is 75.7 cm³/mol. The molecule has 0 bridgehead atoms. The summed E-state index contributed by atoms with van der Waals surface area (Å²) in [5.41, 5.74) is 1.07. The fraction of sp³-hybridized carbons (Fsp3) is 0.429. The number of nitrogens with zero attached hydrogens (tertiary/aromatic N) is 1. The highest BCUT2D eigenvalue weighted by molar-refractivity contribution is 7.88. The highest BCUT2D eigenvalue weighted by Crippen LogP contribution is 2.26. The molecule has 2 atom stereocenters. The van der Waals surface area contributed by atoms with Crippen molar-refractivity contribution in [2.75, 3.05) is 0 Å². The zero-order chi connectivity index (χ0) is 15.5. The van der Waals surface area contributed by atoms with Crippen molar-refractivity contribution in [1.29, 1.82) is 5.26 Å². The van der Waals surface area contributed by atoms with E-state index in [1.165, 1.54) is 0 Å². The van der Waals surface area contributed by atoms with Gasteiger partial charge < -0.3 is 5.11 Å². The summed E-state index contributed by atoms with van der Waals surface area (Å²) in [6.07, 6.45) is 1.38. The number of carboxylic acids is 1. The standard InChI is InChI=1S/C14H16N2O4S/c15-8-10-1-3-11(4-2-10)9-21(19,20)16-13-6-5-12(7-13)14(17)18/h1-4,12-13,16H,5-7,9H2,(H,17,18)/t12-,13+/m1/s1. The Hall–Kier alpha value is -1.91. The highest BCUT2D eigenvalue weighted by Gasteiger charge is 2.31. The van der Waals surface area contributed by atoms with Crippen LogP contribution in [0.25, 0.3) is 0 Å². The average Bonchev–Trinajstić information content (AvgIpc) is 2.87. The van der Waals surface area contributed by atoms with E-state index >= 15 is 0 Å². The Labute approximate surface area is 123 Å². The molecule has 1 aliphatic rings. The van der Waals surface area contributed by atoms with E-state index in [0.29, 0.717) is 30.4 Å². The topological polar surface area (TPSA) is 107 Å². The van der Waals surface area contributed by atoms with Crippen LogP contribution in [0.1, 0.15) is 30.4 Å². The van der Waals surface area contributed by atoms with Gasteiger partial charge in [-0.3, -0.25) is 4.79 Å². The van der Waals surface area contributed by atoms with E-state index in [9.17, 15) is 13.2 Å². The van der Waals surface area contributed by atoms with Gasteiger partial charge in [-0.1, -0.05) is 12.1 Å². The summed E-state index contributed by atoms with van der Waals surface area (Å²) in [4.78, 5) is 10.9. The van der Waals surface area contributed by atoms with Crippen LogP contribution < -0.4 is 4.72 Å². The lowest BCUT2D eigenvalue weighted by Crippen LogP contribution is -2.34. The minimum absolute atomic E-state index is 0.174. The van der Waals surface area contributed by atoms with Gasteiger partial charge in [-0.2, -0.15) is 5.26 Å². The summed E-state index contributed by atoms with van der Waals surface area (Å²) in [5.74, 6) is -1.51. The molecule has 1 fully saturated rings. The molecule has 2 rings (SSSR count). The van der Waals surface area contributed by atoms with Gasteiger partial charge in [-0.25, -0.2) is 13.1 Å². The van der Waals surface area contributed by atoms with Crippen LogP contribution in [0.4, 0.5) is 0 Å². The van der Waals surface area contributed by atoms with Crippen LogP contribution in [0.5, 0.6) is 0 Å². The first-order chi connectivity index (χ1) is 9.89. The second-order valence-corrected chi connectivity index (χ2v) is 6.98. The molecule has 7 heteroatoms. The number of nitriles is 1. The Morgan fingerprint density at radius 3 is 2.52 bits per heavy atom. The number of carboxylic acid groups (broad SMARTS) is 1. The van der Waals surface area contributed by atoms with E-state index < -0.39 is 21.9 Å². The summed E-state index contributed by atoms with van der Waals surface area (Å²) in [7, 11) is -3.51. The molecule has 0 aromatic heterocycles. The smallest absolute Gasteiger partial charge is 0.306 e. The van der Waals surface area contributed by atoms with Crippen LogP contribution in [0.2, 0.25) is 0 Å². The summed E-state index contributed by atoms with van der Waals surface area (Å²) < 4.78 is 26.7. The summed E-state index contributed by atoms with van der Waals surface area (Å²) in [6, 6.07) is 8.01.